The number of rotatable bonds is 6. The summed E-state index contributed by atoms with van der Waals surface area (Å²) in [5.74, 6) is -0.183. The van der Waals surface area contributed by atoms with Crippen molar-refractivity contribution in [2.75, 3.05) is 18.4 Å². The molecule has 0 bridgehead atoms. The summed E-state index contributed by atoms with van der Waals surface area (Å²) < 4.78 is 1.86. The van der Waals surface area contributed by atoms with Crippen LogP contribution in [0.5, 0.6) is 0 Å². The van der Waals surface area contributed by atoms with E-state index in [1.54, 1.807) is 17.5 Å². The molecule has 1 aliphatic rings. The van der Waals surface area contributed by atoms with Crippen LogP contribution in [0, 0.1) is 0 Å². The number of hydrogen-bond donors (Lipinski definition) is 1. The number of nitrogens with zero attached hydrogens (tertiary/aromatic N) is 5. The fraction of sp³-hybridized carbons (Fsp3) is 0.391. The highest BCUT2D eigenvalue weighted by Crippen LogP contribution is 2.29. The minimum absolute atomic E-state index is 0.144. The van der Waals surface area contributed by atoms with E-state index < -0.39 is 0 Å². The molecule has 5 rings (SSSR count). The molecule has 0 saturated carbocycles. The number of nitrogens with one attached hydrogen (secondary N) is 1. The Labute approximate surface area is 195 Å². The Morgan fingerprint density at radius 1 is 1.19 bits per heavy atom. The van der Waals surface area contributed by atoms with Crippen molar-refractivity contribution in [3.8, 4) is 10.6 Å². The standard InChI is InChI=1S/C23H26N6OS2/c1-15(2)29-21-18(12-24-29)17(11-19(26-21)20-7-6-10-31-20)22(30)27-23-25-16(14-32-23)13-28-8-4-3-5-9-28/h6-7,10-12,14-15H,3-5,8-9,13H2,1-2H3,(H,25,27,30). The van der Waals surface area contributed by atoms with E-state index in [1.807, 2.05) is 33.6 Å². The van der Waals surface area contributed by atoms with E-state index in [4.69, 9.17) is 4.98 Å². The minimum Gasteiger partial charge on any atom is -0.298 e. The van der Waals surface area contributed by atoms with Gasteiger partial charge in [0.25, 0.3) is 5.91 Å². The number of thiophene rings is 1. The van der Waals surface area contributed by atoms with E-state index in [0.717, 1.165) is 46.9 Å². The summed E-state index contributed by atoms with van der Waals surface area (Å²) in [5, 5.41) is 12.9. The van der Waals surface area contributed by atoms with Crippen molar-refractivity contribution in [2.24, 2.45) is 0 Å². The third-order valence-electron chi connectivity index (χ3n) is 5.68. The second kappa shape index (κ2) is 9.09. The normalized spacial score (nSPS) is 15.0. The van der Waals surface area contributed by atoms with Gasteiger partial charge >= 0.3 is 0 Å². The summed E-state index contributed by atoms with van der Waals surface area (Å²) in [6, 6.07) is 6.01. The molecule has 1 aliphatic heterocycles. The molecule has 4 aromatic heterocycles. The van der Waals surface area contributed by atoms with E-state index >= 15 is 0 Å². The Morgan fingerprint density at radius 3 is 2.78 bits per heavy atom. The monoisotopic (exact) mass is 466 g/mol. The first kappa shape index (κ1) is 21.2. The number of hydrogen-bond acceptors (Lipinski definition) is 7. The van der Waals surface area contributed by atoms with Gasteiger partial charge in [-0.05, 0) is 57.3 Å². The highest BCUT2D eigenvalue weighted by Gasteiger charge is 2.20. The third kappa shape index (κ3) is 4.32. The zero-order valence-corrected chi connectivity index (χ0v) is 19.9. The molecule has 9 heteroatoms. The van der Waals surface area contributed by atoms with E-state index in [2.05, 4.69) is 34.1 Å². The Kier molecular flexibility index (Phi) is 6.03. The summed E-state index contributed by atoms with van der Waals surface area (Å²) in [7, 11) is 0. The smallest absolute Gasteiger partial charge is 0.258 e. The van der Waals surface area contributed by atoms with Crippen molar-refractivity contribution in [3.63, 3.8) is 0 Å². The number of anilines is 1. The van der Waals surface area contributed by atoms with Gasteiger partial charge in [0, 0.05) is 18.0 Å². The molecule has 1 N–H and O–H groups in total. The average molecular weight is 467 g/mol. The number of thiazole rings is 1. The van der Waals surface area contributed by atoms with Crippen LogP contribution in [-0.2, 0) is 6.54 Å². The number of piperidine rings is 1. The van der Waals surface area contributed by atoms with Crippen molar-refractivity contribution in [3.05, 3.63) is 46.4 Å². The fourth-order valence-electron chi connectivity index (χ4n) is 4.08. The molecule has 0 aliphatic carbocycles. The van der Waals surface area contributed by atoms with Gasteiger partial charge in [0.2, 0.25) is 0 Å². The fourth-order valence-corrected chi connectivity index (χ4v) is 5.47. The second-order valence-corrected chi connectivity index (χ2v) is 10.2. The number of carbonyl (C=O) groups excluding carboxylic acids is 1. The predicted octanol–water partition coefficient (Wildman–Crippen LogP) is 5.44. The summed E-state index contributed by atoms with van der Waals surface area (Å²) in [5.41, 5.74) is 3.09. The number of aromatic nitrogens is 4. The van der Waals surface area contributed by atoms with Gasteiger partial charge < -0.3 is 0 Å². The molecule has 1 saturated heterocycles. The highest BCUT2D eigenvalue weighted by atomic mass is 32.1. The Hall–Kier alpha value is -2.62. The molecule has 166 valence electrons. The molecule has 0 aromatic carbocycles. The van der Waals surface area contributed by atoms with Gasteiger partial charge in [-0.2, -0.15) is 5.10 Å². The molecule has 4 aromatic rings. The lowest BCUT2D eigenvalue weighted by Gasteiger charge is -2.25. The molecule has 0 spiro atoms. The predicted molar refractivity (Wildman–Crippen MR) is 130 cm³/mol. The van der Waals surface area contributed by atoms with Gasteiger partial charge in [-0.1, -0.05) is 12.5 Å². The van der Waals surface area contributed by atoms with Crippen LogP contribution in [0.1, 0.15) is 55.2 Å². The van der Waals surface area contributed by atoms with Gasteiger partial charge in [0.05, 0.1) is 33.4 Å². The van der Waals surface area contributed by atoms with Crippen LogP contribution in [0.3, 0.4) is 0 Å². The first-order chi connectivity index (χ1) is 15.6. The lowest BCUT2D eigenvalue weighted by Crippen LogP contribution is -2.29. The average Bonchev–Trinajstić information content (AvgIpc) is 3.54. The number of carbonyl (C=O) groups is 1. The van der Waals surface area contributed by atoms with Crippen LogP contribution < -0.4 is 5.32 Å². The minimum atomic E-state index is -0.183. The molecule has 1 amide bonds. The third-order valence-corrected chi connectivity index (χ3v) is 7.38. The summed E-state index contributed by atoms with van der Waals surface area (Å²) in [4.78, 5) is 26.3. The number of fused-ring (bicyclic) bond motifs is 1. The first-order valence-corrected chi connectivity index (χ1v) is 12.7. The van der Waals surface area contributed by atoms with E-state index in [-0.39, 0.29) is 11.9 Å². The summed E-state index contributed by atoms with van der Waals surface area (Å²) in [6.07, 6.45) is 5.56. The topological polar surface area (TPSA) is 75.9 Å². The number of pyridine rings is 1. The maximum Gasteiger partial charge on any atom is 0.258 e. The van der Waals surface area contributed by atoms with Gasteiger partial charge in [-0.3, -0.25) is 15.0 Å². The lowest BCUT2D eigenvalue weighted by atomic mass is 10.1. The van der Waals surface area contributed by atoms with Gasteiger partial charge in [0.1, 0.15) is 0 Å². The SMILES string of the molecule is CC(C)n1ncc2c(C(=O)Nc3nc(CN4CCCCC4)cs3)cc(-c3cccs3)nc21. The first-order valence-electron chi connectivity index (χ1n) is 11.0. The second-order valence-electron chi connectivity index (χ2n) is 8.39. The zero-order chi connectivity index (χ0) is 22.1. The van der Waals surface area contributed by atoms with Crippen LogP contribution in [-0.4, -0.2) is 43.6 Å². The van der Waals surface area contributed by atoms with E-state index in [9.17, 15) is 4.79 Å². The summed E-state index contributed by atoms with van der Waals surface area (Å²) >= 11 is 3.08. The summed E-state index contributed by atoms with van der Waals surface area (Å²) in [6.45, 7) is 7.21. The van der Waals surface area contributed by atoms with E-state index in [0.29, 0.717) is 10.7 Å². The molecule has 7 nitrogen and oxygen atoms in total. The molecule has 0 radical (unpaired) electrons. The van der Waals surface area contributed by atoms with Crippen molar-refractivity contribution >= 4 is 44.7 Å². The zero-order valence-electron chi connectivity index (χ0n) is 18.2. The van der Waals surface area contributed by atoms with Crippen molar-refractivity contribution in [2.45, 2.75) is 45.7 Å². The maximum absolute atomic E-state index is 13.3. The largest absolute Gasteiger partial charge is 0.298 e. The molecule has 0 unspecified atom stereocenters. The number of likely N-dealkylation sites (tertiary alicyclic amines) is 1. The van der Waals surface area contributed by atoms with Crippen LogP contribution in [0.4, 0.5) is 5.13 Å². The quantitative estimate of drug-likeness (QED) is 0.410. The Morgan fingerprint density at radius 2 is 2.03 bits per heavy atom. The van der Waals surface area contributed by atoms with E-state index in [1.165, 1.54) is 30.6 Å². The van der Waals surface area contributed by atoms with Crippen molar-refractivity contribution in [1.82, 2.24) is 24.6 Å². The van der Waals surface area contributed by atoms with Gasteiger partial charge in [0.15, 0.2) is 10.8 Å². The van der Waals surface area contributed by atoms with Crippen molar-refractivity contribution in [1.29, 1.82) is 0 Å². The Balaban J connectivity index is 1.43. The van der Waals surface area contributed by atoms with Crippen molar-refractivity contribution < 1.29 is 4.79 Å². The highest BCUT2D eigenvalue weighted by molar-refractivity contribution is 7.14. The van der Waals surface area contributed by atoms with Gasteiger partial charge in [-0.15, -0.1) is 22.7 Å². The van der Waals surface area contributed by atoms with Crippen LogP contribution >= 0.6 is 22.7 Å². The molecular weight excluding hydrogens is 440 g/mol. The molecule has 0 atom stereocenters. The maximum atomic E-state index is 13.3. The molecular formula is C23H26N6OS2. The lowest BCUT2D eigenvalue weighted by molar-refractivity contribution is 0.102. The van der Waals surface area contributed by atoms with Crippen LogP contribution in [0.25, 0.3) is 21.6 Å². The molecule has 1 fully saturated rings. The Bertz CT molecular complexity index is 1220. The molecule has 32 heavy (non-hydrogen) atoms. The van der Waals surface area contributed by atoms with Crippen LogP contribution in [0.2, 0.25) is 0 Å². The van der Waals surface area contributed by atoms with Gasteiger partial charge in [-0.25, -0.2) is 14.6 Å². The number of amides is 1. The molecule has 5 heterocycles. The van der Waals surface area contributed by atoms with Crippen LogP contribution in [0.15, 0.2) is 35.2 Å².